The van der Waals surface area contributed by atoms with Crippen LogP contribution < -0.4 is 0 Å². The Labute approximate surface area is 347 Å². The molecule has 288 valence electrons. The molecule has 0 unspecified atom stereocenters. The summed E-state index contributed by atoms with van der Waals surface area (Å²) >= 11 is 0. The van der Waals surface area contributed by atoms with Gasteiger partial charge < -0.3 is 4.42 Å². The highest BCUT2D eigenvalue weighted by atomic mass is 16.3. The highest BCUT2D eigenvalue weighted by Crippen LogP contribution is 2.42. The standard InChI is InChI=1S/C44H26N2O.2C5H8.C2H6/c1-2-13-32-31(10-1)25-38(44-41(32)37-18-7-8-19-40(37)47-44)30-12-9-11-29(24-30)27-20-22-28(23-21-27)39-26-45-42-35-16-5-3-14-33(35)34-15-4-6-17-36(34)43(42)46-39;2*1-3-5-4-2;1-2/h1-26H;2*3-5H,1H2,2H3;1-2H3/b;2*5-4-;. The van der Waals surface area contributed by atoms with Gasteiger partial charge in [-0.3, -0.25) is 4.98 Å². The maximum atomic E-state index is 6.52. The van der Waals surface area contributed by atoms with E-state index in [1.54, 1.807) is 12.2 Å². The lowest BCUT2D eigenvalue weighted by Gasteiger charge is -2.11. The van der Waals surface area contributed by atoms with Gasteiger partial charge in [-0.05, 0) is 70.3 Å². The molecule has 0 aliphatic heterocycles. The van der Waals surface area contributed by atoms with Crippen LogP contribution in [0.15, 0.2) is 212 Å². The van der Waals surface area contributed by atoms with Crippen molar-refractivity contribution in [2.75, 3.05) is 0 Å². The van der Waals surface area contributed by atoms with Crippen molar-refractivity contribution in [2.45, 2.75) is 27.7 Å². The number of fused-ring (bicyclic) bond motifs is 11. The van der Waals surface area contributed by atoms with Crippen LogP contribution in [-0.2, 0) is 0 Å². The fraction of sp³-hybridized carbons (Fsp3) is 0.0714. The highest BCUT2D eigenvalue weighted by molar-refractivity contribution is 6.24. The molecule has 2 aromatic heterocycles. The lowest BCUT2D eigenvalue weighted by molar-refractivity contribution is 0.670. The number of hydrogen-bond acceptors (Lipinski definition) is 3. The molecule has 0 spiro atoms. The summed E-state index contributed by atoms with van der Waals surface area (Å²) < 4.78 is 6.52. The Kier molecular flexibility index (Phi) is 12.6. The van der Waals surface area contributed by atoms with Gasteiger partial charge in [-0.2, -0.15) is 0 Å². The van der Waals surface area contributed by atoms with Gasteiger partial charge in [-0.15, -0.1) is 0 Å². The second-order valence-corrected chi connectivity index (χ2v) is 13.7. The molecule has 10 rings (SSSR count). The first-order chi connectivity index (χ1) is 29.1. The first-order valence-corrected chi connectivity index (χ1v) is 20.2. The molecule has 0 aliphatic rings. The largest absolute Gasteiger partial charge is 0.455 e. The van der Waals surface area contributed by atoms with Gasteiger partial charge in [-0.25, -0.2) is 4.98 Å². The summed E-state index contributed by atoms with van der Waals surface area (Å²) in [6, 6.07) is 53.5. The third-order valence-electron chi connectivity index (χ3n) is 10.1. The first-order valence-electron chi connectivity index (χ1n) is 20.2. The van der Waals surface area contributed by atoms with E-state index in [1.165, 1.54) is 26.9 Å². The second-order valence-electron chi connectivity index (χ2n) is 13.7. The summed E-state index contributed by atoms with van der Waals surface area (Å²) in [4.78, 5) is 10.1. The molecule has 0 fully saturated rings. The van der Waals surface area contributed by atoms with E-state index < -0.39 is 0 Å². The van der Waals surface area contributed by atoms with Gasteiger partial charge in [0.1, 0.15) is 11.2 Å². The molecule has 0 aliphatic carbocycles. The van der Waals surface area contributed by atoms with Crippen molar-refractivity contribution in [3.05, 3.63) is 207 Å². The van der Waals surface area contributed by atoms with Crippen molar-refractivity contribution in [1.82, 2.24) is 9.97 Å². The Morgan fingerprint density at radius 2 is 1.03 bits per heavy atom. The van der Waals surface area contributed by atoms with Gasteiger partial charge in [0.15, 0.2) is 0 Å². The fourth-order valence-electron chi connectivity index (χ4n) is 7.52. The summed E-state index contributed by atoms with van der Waals surface area (Å²) in [6.07, 6.45) is 13.1. The van der Waals surface area contributed by atoms with Crippen molar-refractivity contribution in [2.24, 2.45) is 0 Å². The number of rotatable bonds is 5. The number of aromatic nitrogens is 2. The SMILES string of the molecule is C=C/C=C\C.C=C/C=C\C.CC.c1cc(-c2ccc(-c3cnc4c5ccccc5c5ccccc5c4n3)cc2)cc(-c2cc3ccccc3c3c2oc2ccccc23)c1. The van der Waals surface area contributed by atoms with Crippen molar-refractivity contribution >= 4 is 65.3 Å². The molecular formula is C56H48N2O. The van der Waals surface area contributed by atoms with Crippen LogP contribution in [-0.4, -0.2) is 9.97 Å². The van der Waals surface area contributed by atoms with Gasteiger partial charge in [0.2, 0.25) is 0 Å². The second kappa shape index (κ2) is 18.7. The molecule has 0 saturated carbocycles. The smallest absolute Gasteiger partial charge is 0.143 e. The zero-order valence-corrected chi connectivity index (χ0v) is 34.2. The Morgan fingerprint density at radius 1 is 0.492 bits per heavy atom. The molecule has 59 heavy (non-hydrogen) atoms. The maximum Gasteiger partial charge on any atom is 0.143 e. The summed E-state index contributed by atoms with van der Waals surface area (Å²) in [6.45, 7) is 14.8. The third-order valence-corrected chi connectivity index (χ3v) is 10.1. The summed E-state index contributed by atoms with van der Waals surface area (Å²) in [5.41, 5.74) is 10.1. The minimum Gasteiger partial charge on any atom is -0.455 e. The van der Waals surface area contributed by atoms with Gasteiger partial charge in [-0.1, -0.05) is 197 Å². The molecule has 0 N–H and O–H groups in total. The normalized spacial score (nSPS) is 11.1. The van der Waals surface area contributed by atoms with E-state index in [4.69, 9.17) is 14.4 Å². The van der Waals surface area contributed by atoms with Crippen LogP contribution in [0.5, 0.6) is 0 Å². The van der Waals surface area contributed by atoms with Crippen molar-refractivity contribution in [3.8, 4) is 33.5 Å². The number of nitrogens with zero attached hydrogens (tertiary/aromatic N) is 2. The quantitative estimate of drug-likeness (QED) is 0.129. The zero-order valence-electron chi connectivity index (χ0n) is 34.2. The number of allylic oxidation sites excluding steroid dienone is 6. The van der Waals surface area contributed by atoms with Crippen molar-refractivity contribution in [3.63, 3.8) is 0 Å². The van der Waals surface area contributed by atoms with Gasteiger partial charge in [0.25, 0.3) is 0 Å². The van der Waals surface area contributed by atoms with Crippen LogP contribution in [0.2, 0.25) is 0 Å². The number of para-hydroxylation sites is 1. The van der Waals surface area contributed by atoms with E-state index in [1.807, 2.05) is 64.3 Å². The Bertz CT molecular complexity index is 3080. The van der Waals surface area contributed by atoms with Gasteiger partial charge in [0, 0.05) is 32.7 Å². The zero-order chi connectivity index (χ0) is 41.1. The molecule has 0 bridgehead atoms. The first kappa shape index (κ1) is 39.9. The van der Waals surface area contributed by atoms with Crippen LogP contribution in [0.1, 0.15) is 27.7 Å². The summed E-state index contributed by atoms with van der Waals surface area (Å²) in [5, 5.41) is 9.37. The summed E-state index contributed by atoms with van der Waals surface area (Å²) in [5.74, 6) is 0. The van der Waals surface area contributed by atoms with Crippen LogP contribution in [0.25, 0.3) is 98.8 Å². The Morgan fingerprint density at radius 3 is 1.66 bits per heavy atom. The van der Waals surface area contributed by atoms with E-state index in [-0.39, 0.29) is 0 Å². The molecular weight excluding hydrogens is 717 g/mol. The lowest BCUT2D eigenvalue weighted by Crippen LogP contribution is -1.92. The Balaban J connectivity index is 0.000000393. The van der Waals surface area contributed by atoms with E-state index in [9.17, 15) is 0 Å². The van der Waals surface area contributed by atoms with Crippen LogP contribution in [0, 0.1) is 0 Å². The van der Waals surface area contributed by atoms with Crippen LogP contribution >= 0.6 is 0 Å². The number of furan rings is 1. The van der Waals surface area contributed by atoms with Gasteiger partial charge >= 0.3 is 0 Å². The van der Waals surface area contributed by atoms with Gasteiger partial charge in [0.05, 0.1) is 22.9 Å². The number of hydrogen-bond donors (Lipinski definition) is 0. The highest BCUT2D eigenvalue weighted by Gasteiger charge is 2.17. The molecule has 8 aromatic carbocycles. The average molecular weight is 765 g/mol. The molecule has 0 amide bonds. The molecule has 3 heteroatoms. The molecule has 0 saturated heterocycles. The minimum atomic E-state index is 0.863. The lowest BCUT2D eigenvalue weighted by atomic mass is 9.94. The molecule has 2 heterocycles. The van der Waals surface area contributed by atoms with Crippen molar-refractivity contribution < 1.29 is 4.42 Å². The van der Waals surface area contributed by atoms with E-state index in [0.717, 1.165) is 71.9 Å². The average Bonchev–Trinajstić information content (AvgIpc) is 3.71. The van der Waals surface area contributed by atoms with Crippen LogP contribution in [0.4, 0.5) is 0 Å². The number of benzene rings is 8. The molecule has 0 radical (unpaired) electrons. The topological polar surface area (TPSA) is 38.9 Å². The molecule has 3 nitrogen and oxygen atoms in total. The van der Waals surface area contributed by atoms with Crippen molar-refractivity contribution in [1.29, 1.82) is 0 Å². The predicted octanol–water partition coefficient (Wildman–Crippen LogP) is 16.5. The molecule has 10 aromatic rings. The van der Waals surface area contributed by atoms with E-state index in [2.05, 4.69) is 159 Å². The minimum absolute atomic E-state index is 0.863. The van der Waals surface area contributed by atoms with E-state index in [0.29, 0.717) is 0 Å². The maximum absolute atomic E-state index is 6.52. The Hall–Kier alpha value is -7.36. The van der Waals surface area contributed by atoms with E-state index >= 15 is 0 Å². The fourth-order valence-corrected chi connectivity index (χ4v) is 7.52. The summed E-state index contributed by atoms with van der Waals surface area (Å²) in [7, 11) is 0. The predicted molar refractivity (Wildman–Crippen MR) is 257 cm³/mol. The third kappa shape index (κ3) is 8.10. The monoisotopic (exact) mass is 764 g/mol. The molecule has 0 atom stereocenters. The van der Waals surface area contributed by atoms with Crippen LogP contribution in [0.3, 0.4) is 0 Å².